The number of benzene rings is 1. The summed E-state index contributed by atoms with van der Waals surface area (Å²) in [5, 5.41) is 0. The van der Waals surface area contributed by atoms with Crippen LogP contribution >= 0.6 is 23.5 Å². The number of rotatable bonds is 2. The Balaban J connectivity index is 2.09. The summed E-state index contributed by atoms with van der Waals surface area (Å²) >= 11 is 3.35. The van der Waals surface area contributed by atoms with Crippen LogP contribution in [-0.2, 0) is 4.57 Å². The molecular formula is C11H8BrN2O4P. The molecule has 0 spiro atoms. The first-order chi connectivity index (χ1) is 8.93. The van der Waals surface area contributed by atoms with Crippen LogP contribution in [0.1, 0.15) is 0 Å². The van der Waals surface area contributed by atoms with Gasteiger partial charge in [0.2, 0.25) is 5.50 Å². The van der Waals surface area contributed by atoms with Crippen molar-refractivity contribution in [3.05, 3.63) is 34.8 Å². The van der Waals surface area contributed by atoms with Gasteiger partial charge >= 0.3 is 7.60 Å². The molecule has 98 valence electrons. The molecule has 19 heavy (non-hydrogen) atoms. The highest BCUT2D eigenvalue weighted by atomic mass is 79.9. The fourth-order valence-corrected chi connectivity index (χ4v) is 2.54. The molecule has 0 fully saturated rings. The molecule has 3 N–H and O–H groups in total. The normalized spacial score (nSPS) is 12.2. The van der Waals surface area contributed by atoms with Gasteiger partial charge in [-0.15, -0.1) is 0 Å². The molecule has 0 aliphatic rings. The molecule has 8 heteroatoms. The third-order valence-electron chi connectivity index (χ3n) is 2.56. The van der Waals surface area contributed by atoms with Crippen molar-refractivity contribution in [2.24, 2.45) is 0 Å². The van der Waals surface area contributed by atoms with E-state index in [1.165, 1.54) is 12.1 Å². The molecule has 2 heterocycles. The first-order valence-electron chi connectivity index (χ1n) is 5.25. The van der Waals surface area contributed by atoms with Crippen LogP contribution in [0.3, 0.4) is 0 Å². The first kappa shape index (κ1) is 12.6. The van der Waals surface area contributed by atoms with Crippen LogP contribution in [0, 0.1) is 0 Å². The second-order valence-electron chi connectivity index (χ2n) is 3.93. The van der Waals surface area contributed by atoms with Gasteiger partial charge in [-0.2, -0.15) is 0 Å². The SMILES string of the molecule is O=P(O)(O)c1ccc(-c2nc3cc(Br)ccc3[nH]2)o1. The van der Waals surface area contributed by atoms with E-state index in [-0.39, 0.29) is 11.3 Å². The molecule has 6 nitrogen and oxygen atoms in total. The largest absolute Gasteiger partial charge is 0.445 e. The second kappa shape index (κ2) is 4.31. The predicted octanol–water partition coefficient (Wildman–Crippen LogP) is 2.39. The predicted molar refractivity (Wildman–Crippen MR) is 73.2 cm³/mol. The summed E-state index contributed by atoms with van der Waals surface area (Å²) < 4.78 is 17.1. The van der Waals surface area contributed by atoms with Crippen molar-refractivity contribution in [3.63, 3.8) is 0 Å². The van der Waals surface area contributed by atoms with Gasteiger partial charge in [0.25, 0.3) is 0 Å². The average Bonchev–Trinajstić information content (AvgIpc) is 2.92. The minimum Gasteiger partial charge on any atom is -0.445 e. The van der Waals surface area contributed by atoms with Gasteiger partial charge in [-0.1, -0.05) is 15.9 Å². The fraction of sp³-hybridized carbons (Fsp3) is 0. The van der Waals surface area contributed by atoms with Crippen LogP contribution in [0.2, 0.25) is 0 Å². The summed E-state index contributed by atoms with van der Waals surface area (Å²) in [6.07, 6.45) is 0. The molecule has 0 aliphatic heterocycles. The maximum absolute atomic E-state index is 11.1. The molecule has 3 aromatic rings. The zero-order valence-corrected chi connectivity index (χ0v) is 11.9. The quantitative estimate of drug-likeness (QED) is 0.621. The Bertz CT molecular complexity index is 804. The van der Waals surface area contributed by atoms with Gasteiger partial charge < -0.3 is 19.2 Å². The van der Waals surface area contributed by atoms with Crippen molar-refractivity contribution in [2.45, 2.75) is 0 Å². The summed E-state index contributed by atoms with van der Waals surface area (Å²) in [5.74, 6) is 0.707. The number of imidazole rings is 1. The number of furan rings is 1. The van der Waals surface area contributed by atoms with Crippen LogP contribution in [0.5, 0.6) is 0 Å². The molecular weight excluding hydrogens is 335 g/mol. The fourth-order valence-electron chi connectivity index (χ4n) is 1.71. The highest BCUT2D eigenvalue weighted by Crippen LogP contribution is 2.35. The number of hydrogen-bond donors (Lipinski definition) is 3. The van der Waals surface area contributed by atoms with Crippen LogP contribution in [0.4, 0.5) is 0 Å². The van der Waals surface area contributed by atoms with Gasteiger partial charge in [-0.25, -0.2) is 4.98 Å². The Morgan fingerprint density at radius 2 is 2.05 bits per heavy atom. The molecule has 0 aliphatic carbocycles. The van der Waals surface area contributed by atoms with Gasteiger partial charge in [-0.3, -0.25) is 4.57 Å². The van der Waals surface area contributed by atoms with E-state index in [0.717, 1.165) is 15.5 Å². The Morgan fingerprint density at radius 1 is 1.26 bits per heavy atom. The third-order valence-corrected chi connectivity index (χ3v) is 3.87. The van der Waals surface area contributed by atoms with E-state index in [2.05, 4.69) is 25.9 Å². The lowest BCUT2D eigenvalue weighted by Crippen LogP contribution is -1.98. The van der Waals surface area contributed by atoms with Crippen LogP contribution in [0.25, 0.3) is 22.6 Å². The van der Waals surface area contributed by atoms with Crippen LogP contribution < -0.4 is 5.50 Å². The van der Waals surface area contributed by atoms with Crippen molar-refractivity contribution < 1.29 is 18.8 Å². The minimum atomic E-state index is -4.38. The zero-order valence-electron chi connectivity index (χ0n) is 9.37. The van der Waals surface area contributed by atoms with Crippen molar-refractivity contribution >= 4 is 40.1 Å². The average molecular weight is 343 g/mol. The monoisotopic (exact) mass is 342 g/mol. The molecule has 0 saturated heterocycles. The molecule has 3 rings (SSSR count). The van der Waals surface area contributed by atoms with Gasteiger partial charge in [0.05, 0.1) is 11.0 Å². The van der Waals surface area contributed by atoms with E-state index in [0.29, 0.717) is 5.82 Å². The van der Waals surface area contributed by atoms with Crippen LogP contribution in [0.15, 0.2) is 39.2 Å². The minimum absolute atomic E-state index is 0.283. The zero-order chi connectivity index (χ0) is 13.6. The number of aromatic nitrogens is 2. The number of H-pyrrole nitrogens is 1. The smallest absolute Gasteiger partial charge is 0.391 e. The maximum atomic E-state index is 11.1. The number of nitrogens with one attached hydrogen (secondary N) is 1. The molecule has 0 unspecified atom stereocenters. The Kier molecular flexibility index (Phi) is 2.87. The number of nitrogens with zero attached hydrogens (tertiary/aromatic N) is 1. The van der Waals surface area contributed by atoms with Crippen LogP contribution in [-0.4, -0.2) is 19.8 Å². The molecule has 2 aromatic heterocycles. The summed E-state index contributed by atoms with van der Waals surface area (Å²) in [7, 11) is -4.38. The molecule has 0 radical (unpaired) electrons. The second-order valence-corrected chi connectivity index (χ2v) is 6.37. The summed E-state index contributed by atoms with van der Waals surface area (Å²) in [6.45, 7) is 0. The summed E-state index contributed by atoms with van der Waals surface area (Å²) in [6, 6.07) is 8.28. The Hall–Kier alpha value is -1.40. The first-order valence-corrected chi connectivity index (χ1v) is 7.65. The van der Waals surface area contributed by atoms with E-state index >= 15 is 0 Å². The van der Waals surface area contributed by atoms with Gasteiger partial charge in [-0.05, 0) is 30.3 Å². The highest BCUT2D eigenvalue weighted by molar-refractivity contribution is 9.10. The van der Waals surface area contributed by atoms with E-state index in [1.807, 2.05) is 18.2 Å². The van der Waals surface area contributed by atoms with Crippen molar-refractivity contribution in [3.8, 4) is 11.6 Å². The Morgan fingerprint density at radius 3 is 2.74 bits per heavy atom. The number of halogens is 1. The standard InChI is InChI=1S/C11H8BrN2O4P/c12-6-1-2-7-8(5-6)14-11(13-7)9-3-4-10(18-9)19(15,16)17/h1-5H,(H,13,14)(H2,15,16,17). The number of aromatic amines is 1. The van der Waals surface area contributed by atoms with Gasteiger partial charge in [0.15, 0.2) is 11.6 Å². The maximum Gasteiger partial charge on any atom is 0.391 e. The Labute approximate surface area is 115 Å². The van der Waals surface area contributed by atoms with Crippen molar-refractivity contribution in [1.82, 2.24) is 9.97 Å². The third kappa shape index (κ3) is 2.37. The topological polar surface area (TPSA) is 99.4 Å². The summed E-state index contributed by atoms with van der Waals surface area (Å²) in [4.78, 5) is 25.3. The van der Waals surface area contributed by atoms with E-state index < -0.39 is 7.60 Å². The molecule has 0 amide bonds. The van der Waals surface area contributed by atoms with Crippen molar-refractivity contribution in [1.29, 1.82) is 0 Å². The lowest BCUT2D eigenvalue weighted by Gasteiger charge is -1.97. The van der Waals surface area contributed by atoms with Gasteiger partial charge in [0, 0.05) is 4.47 Å². The van der Waals surface area contributed by atoms with Crippen molar-refractivity contribution in [2.75, 3.05) is 0 Å². The van der Waals surface area contributed by atoms with E-state index in [4.69, 9.17) is 14.2 Å². The lowest BCUT2D eigenvalue weighted by molar-refractivity contribution is 0.377. The van der Waals surface area contributed by atoms with E-state index in [1.54, 1.807) is 0 Å². The molecule has 0 bridgehead atoms. The molecule has 0 atom stereocenters. The molecule has 1 aromatic carbocycles. The van der Waals surface area contributed by atoms with Gasteiger partial charge in [0.1, 0.15) is 0 Å². The number of fused-ring (bicyclic) bond motifs is 1. The highest BCUT2D eigenvalue weighted by Gasteiger charge is 2.23. The molecule has 0 saturated carbocycles. The van der Waals surface area contributed by atoms with E-state index in [9.17, 15) is 4.57 Å². The lowest BCUT2D eigenvalue weighted by atomic mass is 10.3. The number of hydrogen-bond acceptors (Lipinski definition) is 3. The summed E-state index contributed by atoms with van der Waals surface area (Å²) in [5.41, 5.74) is 1.18.